The molecule has 0 aromatic carbocycles. The highest BCUT2D eigenvalue weighted by Crippen LogP contribution is 2.33. The number of halogens is 1. The summed E-state index contributed by atoms with van der Waals surface area (Å²) in [4.78, 5) is 33.9. The van der Waals surface area contributed by atoms with E-state index in [9.17, 15) is 9.59 Å². The second-order valence-electron chi connectivity index (χ2n) is 8.54. The van der Waals surface area contributed by atoms with Gasteiger partial charge in [0.15, 0.2) is 0 Å². The maximum Gasteiger partial charge on any atom is 0.234 e. The Morgan fingerprint density at radius 2 is 1.57 bits per heavy atom. The van der Waals surface area contributed by atoms with E-state index in [1.807, 2.05) is 11.0 Å². The highest BCUT2D eigenvalue weighted by atomic mass is 35.5. The number of anilines is 1. The standard InChI is InChI=1S/C22H30ClN3O2/c23-16-12-21-20(24-15-16)13-19(27)14-22(28)26(21)18-8-10-25(11-9-18)17-6-4-2-1-3-5-7-17/h12,15,17-18H,1-11,13-14H2. The Kier molecular flexibility index (Phi) is 6.32. The Hall–Kier alpha value is -1.46. The zero-order valence-electron chi connectivity index (χ0n) is 16.5. The molecular weight excluding hydrogens is 374 g/mol. The molecule has 4 rings (SSSR count). The number of amides is 1. The van der Waals surface area contributed by atoms with Crippen molar-refractivity contribution in [2.75, 3.05) is 18.0 Å². The van der Waals surface area contributed by atoms with Crippen LogP contribution < -0.4 is 4.90 Å². The van der Waals surface area contributed by atoms with Crippen molar-refractivity contribution in [3.8, 4) is 0 Å². The second-order valence-corrected chi connectivity index (χ2v) is 8.98. The van der Waals surface area contributed by atoms with Crippen LogP contribution in [-0.4, -0.2) is 46.7 Å². The molecule has 0 unspecified atom stereocenters. The molecule has 0 spiro atoms. The molecule has 3 aliphatic rings. The molecule has 6 heteroatoms. The summed E-state index contributed by atoms with van der Waals surface area (Å²) >= 11 is 6.18. The summed E-state index contributed by atoms with van der Waals surface area (Å²) in [5.41, 5.74) is 1.43. The Morgan fingerprint density at radius 3 is 2.29 bits per heavy atom. The number of aromatic nitrogens is 1. The van der Waals surface area contributed by atoms with E-state index in [-0.39, 0.29) is 30.6 Å². The summed E-state index contributed by atoms with van der Waals surface area (Å²) in [5, 5.41) is 0.512. The number of hydrogen-bond acceptors (Lipinski definition) is 4. The third kappa shape index (κ3) is 4.41. The Balaban J connectivity index is 1.48. The van der Waals surface area contributed by atoms with E-state index >= 15 is 0 Å². The van der Waals surface area contributed by atoms with Gasteiger partial charge >= 0.3 is 0 Å². The molecule has 0 atom stereocenters. The zero-order chi connectivity index (χ0) is 19.5. The fourth-order valence-electron chi connectivity index (χ4n) is 5.15. The topological polar surface area (TPSA) is 53.5 Å². The number of piperidine rings is 1. The van der Waals surface area contributed by atoms with Crippen LogP contribution in [0.15, 0.2) is 12.3 Å². The number of fused-ring (bicyclic) bond motifs is 1. The van der Waals surface area contributed by atoms with Gasteiger partial charge in [0, 0.05) is 31.4 Å². The molecule has 0 radical (unpaired) electrons. The lowest BCUT2D eigenvalue weighted by Gasteiger charge is -2.42. The van der Waals surface area contributed by atoms with E-state index < -0.39 is 0 Å². The maximum absolute atomic E-state index is 12.9. The van der Waals surface area contributed by atoms with Crippen molar-refractivity contribution < 1.29 is 9.59 Å². The number of ketones is 1. The average Bonchev–Trinajstić information content (AvgIpc) is 2.76. The molecule has 1 aromatic heterocycles. The number of carbonyl (C=O) groups is 2. The van der Waals surface area contributed by atoms with Gasteiger partial charge in [0.1, 0.15) is 5.78 Å². The highest BCUT2D eigenvalue weighted by molar-refractivity contribution is 6.30. The molecule has 1 aliphatic carbocycles. The molecule has 2 aliphatic heterocycles. The molecule has 1 amide bonds. The average molecular weight is 404 g/mol. The van der Waals surface area contributed by atoms with Crippen molar-refractivity contribution in [1.29, 1.82) is 0 Å². The van der Waals surface area contributed by atoms with Crippen molar-refractivity contribution in [1.82, 2.24) is 9.88 Å². The fraction of sp³-hybridized carbons (Fsp3) is 0.682. The molecular formula is C22H30ClN3O2. The number of rotatable bonds is 2. The summed E-state index contributed by atoms with van der Waals surface area (Å²) < 4.78 is 0. The first-order valence-corrected chi connectivity index (χ1v) is 11.2. The maximum atomic E-state index is 12.9. The molecule has 5 nitrogen and oxygen atoms in total. The number of pyridine rings is 1. The summed E-state index contributed by atoms with van der Waals surface area (Å²) in [6.45, 7) is 2.05. The van der Waals surface area contributed by atoms with Gasteiger partial charge in [0.2, 0.25) is 5.91 Å². The largest absolute Gasteiger partial charge is 0.307 e. The molecule has 3 heterocycles. The van der Waals surface area contributed by atoms with Crippen molar-refractivity contribution >= 4 is 29.0 Å². The van der Waals surface area contributed by atoms with Gasteiger partial charge in [-0.1, -0.05) is 43.7 Å². The van der Waals surface area contributed by atoms with Crippen LogP contribution in [-0.2, 0) is 16.0 Å². The van der Waals surface area contributed by atoms with E-state index in [1.54, 1.807) is 6.20 Å². The summed E-state index contributed by atoms with van der Waals surface area (Å²) in [5.74, 6) is -0.159. The highest BCUT2D eigenvalue weighted by Gasteiger charge is 2.35. The van der Waals surface area contributed by atoms with Crippen LogP contribution in [0.4, 0.5) is 5.69 Å². The van der Waals surface area contributed by atoms with Gasteiger partial charge in [-0.15, -0.1) is 0 Å². The minimum atomic E-state index is -0.0998. The Labute approximate surface area is 172 Å². The van der Waals surface area contributed by atoms with E-state index in [0.29, 0.717) is 16.8 Å². The van der Waals surface area contributed by atoms with Crippen LogP contribution in [0.5, 0.6) is 0 Å². The van der Waals surface area contributed by atoms with Crippen molar-refractivity contribution in [3.05, 3.63) is 23.0 Å². The van der Waals surface area contributed by atoms with Crippen LogP contribution in [0, 0.1) is 0 Å². The Morgan fingerprint density at radius 1 is 0.893 bits per heavy atom. The second kappa shape index (κ2) is 8.91. The van der Waals surface area contributed by atoms with Gasteiger partial charge in [-0.05, 0) is 31.7 Å². The number of likely N-dealkylation sites (tertiary alicyclic amines) is 1. The van der Waals surface area contributed by atoms with E-state index in [0.717, 1.165) is 31.6 Å². The number of nitrogens with zero attached hydrogens (tertiary/aromatic N) is 3. The van der Waals surface area contributed by atoms with Crippen molar-refractivity contribution in [2.24, 2.45) is 0 Å². The van der Waals surface area contributed by atoms with Gasteiger partial charge in [-0.2, -0.15) is 0 Å². The predicted molar refractivity (Wildman–Crippen MR) is 111 cm³/mol. The quantitative estimate of drug-likeness (QED) is 0.695. The van der Waals surface area contributed by atoms with Gasteiger partial charge in [-0.3, -0.25) is 14.6 Å². The monoisotopic (exact) mass is 403 g/mol. The van der Waals surface area contributed by atoms with E-state index in [4.69, 9.17) is 11.6 Å². The van der Waals surface area contributed by atoms with Crippen LogP contribution in [0.1, 0.15) is 69.9 Å². The van der Waals surface area contributed by atoms with Crippen LogP contribution in [0.3, 0.4) is 0 Å². The SMILES string of the molecule is O=C1CC(=O)N(C2CCN(C3CCCCCCC3)CC2)c2cc(Cl)cnc2C1. The molecule has 1 saturated carbocycles. The molecule has 28 heavy (non-hydrogen) atoms. The normalized spacial score (nSPS) is 23.8. The molecule has 1 aromatic rings. The van der Waals surface area contributed by atoms with Gasteiger partial charge < -0.3 is 9.80 Å². The van der Waals surface area contributed by atoms with Crippen LogP contribution >= 0.6 is 11.6 Å². The third-order valence-electron chi connectivity index (χ3n) is 6.61. The number of carbonyl (C=O) groups excluding carboxylic acids is 2. The predicted octanol–water partition coefficient (Wildman–Crippen LogP) is 4.16. The summed E-state index contributed by atoms with van der Waals surface area (Å²) in [6.07, 6.45) is 13.1. The minimum absolute atomic E-state index is 0.0309. The molecule has 0 N–H and O–H groups in total. The van der Waals surface area contributed by atoms with E-state index in [2.05, 4.69) is 9.88 Å². The van der Waals surface area contributed by atoms with E-state index in [1.165, 1.54) is 44.9 Å². The molecule has 1 saturated heterocycles. The minimum Gasteiger partial charge on any atom is -0.307 e. The van der Waals surface area contributed by atoms with Gasteiger partial charge in [0.05, 0.1) is 29.2 Å². The van der Waals surface area contributed by atoms with Gasteiger partial charge in [0.25, 0.3) is 0 Å². The van der Waals surface area contributed by atoms with Crippen LogP contribution in [0.2, 0.25) is 5.02 Å². The lowest BCUT2D eigenvalue weighted by atomic mass is 9.93. The lowest BCUT2D eigenvalue weighted by molar-refractivity contribution is -0.126. The third-order valence-corrected chi connectivity index (χ3v) is 6.82. The molecule has 0 bridgehead atoms. The van der Waals surface area contributed by atoms with Crippen LogP contribution in [0.25, 0.3) is 0 Å². The Bertz CT molecular complexity index is 722. The summed E-state index contributed by atoms with van der Waals surface area (Å²) in [6, 6.07) is 2.63. The summed E-state index contributed by atoms with van der Waals surface area (Å²) in [7, 11) is 0. The first-order valence-electron chi connectivity index (χ1n) is 10.8. The molecule has 152 valence electrons. The molecule has 2 fully saturated rings. The first kappa shape index (κ1) is 19.8. The van der Waals surface area contributed by atoms with Crippen molar-refractivity contribution in [3.63, 3.8) is 0 Å². The number of hydrogen-bond donors (Lipinski definition) is 0. The van der Waals surface area contributed by atoms with Gasteiger partial charge in [-0.25, -0.2) is 0 Å². The lowest BCUT2D eigenvalue weighted by Crippen LogP contribution is -2.50. The van der Waals surface area contributed by atoms with Crippen molar-refractivity contribution in [2.45, 2.75) is 82.7 Å². The smallest absolute Gasteiger partial charge is 0.234 e. The zero-order valence-corrected chi connectivity index (χ0v) is 17.3. The number of Topliss-reactive ketones (excluding diaryl/α,β-unsaturated/α-hetero) is 1. The first-order chi connectivity index (χ1) is 13.6. The fourth-order valence-corrected chi connectivity index (χ4v) is 5.30.